The van der Waals surface area contributed by atoms with Crippen molar-refractivity contribution in [2.75, 3.05) is 10.7 Å². The van der Waals surface area contributed by atoms with E-state index in [1.807, 2.05) is 48.1 Å². The number of fused-ring (bicyclic) bond motifs is 1. The van der Waals surface area contributed by atoms with Gasteiger partial charge in [0.25, 0.3) is 0 Å². The van der Waals surface area contributed by atoms with Crippen molar-refractivity contribution in [1.29, 1.82) is 0 Å². The van der Waals surface area contributed by atoms with Crippen LogP contribution in [-0.2, 0) is 4.79 Å². The lowest BCUT2D eigenvalue weighted by Crippen LogP contribution is -2.10. The van der Waals surface area contributed by atoms with E-state index in [0.29, 0.717) is 6.04 Å². The second kappa shape index (κ2) is 7.31. The maximum atomic E-state index is 11.1. The third kappa shape index (κ3) is 4.03. The summed E-state index contributed by atoms with van der Waals surface area (Å²) in [6, 6.07) is 10.4. The van der Waals surface area contributed by atoms with Crippen molar-refractivity contribution in [1.82, 2.24) is 9.66 Å². The minimum absolute atomic E-state index is 0.298. The molecule has 0 unspecified atom stereocenters. The average Bonchev–Trinajstić information content (AvgIpc) is 2.91. The number of rotatable bonds is 6. The fourth-order valence-electron chi connectivity index (χ4n) is 2.70. The zero-order valence-electron chi connectivity index (χ0n) is 15.2. The molecule has 0 aliphatic rings. The lowest BCUT2D eigenvalue weighted by Gasteiger charge is -2.11. The van der Waals surface area contributed by atoms with E-state index in [9.17, 15) is 4.79 Å². The van der Waals surface area contributed by atoms with Gasteiger partial charge in [0.05, 0.1) is 17.6 Å². The molecular weight excluding hydrogens is 326 g/mol. The number of amides is 1. The first-order chi connectivity index (χ1) is 12.4. The largest absolute Gasteiger partial charge is 0.382 e. The van der Waals surface area contributed by atoms with Crippen LogP contribution in [0.3, 0.4) is 0 Å². The summed E-state index contributed by atoms with van der Waals surface area (Å²) in [5.74, 6) is -0.484. The lowest BCUT2D eigenvalue weighted by atomic mass is 10.2. The highest BCUT2D eigenvalue weighted by Gasteiger charge is 2.10. The molecule has 0 spiro atoms. The monoisotopic (exact) mass is 349 g/mol. The van der Waals surface area contributed by atoms with Crippen LogP contribution in [0.5, 0.6) is 0 Å². The number of hydrogen-bond acceptors (Lipinski definition) is 4. The summed E-state index contributed by atoms with van der Waals surface area (Å²) in [5.41, 5.74) is 13.3. The van der Waals surface area contributed by atoms with Gasteiger partial charge in [0, 0.05) is 29.3 Å². The number of nitrogens with one attached hydrogen (secondary N) is 2. The zero-order chi connectivity index (χ0) is 18.7. The molecule has 3 aromatic rings. The van der Waals surface area contributed by atoms with Gasteiger partial charge in [-0.15, -0.1) is 0 Å². The van der Waals surface area contributed by atoms with Gasteiger partial charge in [-0.1, -0.05) is 17.7 Å². The summed E-state index contributed by atoms with van der Waals surface area (Å²) in [7, 11) is 0. The highest BCUT2D eigenvalue weighted by molar-refractivity contribution is 5.95. The number of anilines is 2. The minimum Gasteiger partial charge on any atom is -0.382 e. The predicted octanol–water partition coefficient (Wildman–Crippen LogP) is 3.54. The summed E-state index contributed by atoms with van der Waals surface area (Å²) in [6.45, 7) is 6.19. The molecule has 2 heterocycles. The molecule has 0 aliphatic carbocycles. The zero-order valence-corrected chi connectivity index (χ0v) is 15.2. The Bertz CT molecular complexity index is 954. The van der Waals surface area contributed by atoms with E-state index in [-0.39, 0.29) is 0 Å². The number of aromatic nitrogens is 2. The number of carbonyl (C=O) groups is 1. The maximum absolute atomic E-state index is 11.1. The van der Waals surface area contributed by atoms with E-state index in [1.165, 1.54) is 11.6 Å². The average molecular weight is 349 g/mol. The molecule has 4 N–H and O–H groups in total. The van der Waals surface area contributed by atoms with E-state index >= 15 is 0 Å². The molecule has 6 heteroatoms. The Morgan fingerprint density at radius 1 is 1.23 bits per heavy atom. The van der Waals surface area contributed by atoms with Gasteiger partial charge in [0.15, 0.2) is 5.65 Å². The van der Waals surface area contributed by atoms with Gasteiger partial charge in [-0.3, -0.25) is 10.2 Å². The van der Waals surface area contributed by atoms with Crippen LogP contribution >= 0.6 is 0 Å². The van der Waals surface area contributed by atoms with E-state index < -0.39 is 5.91 Å². The third-order valence-electron chi connectivity index (χ3n) is 3.86. The molecule has 0 radical (unpaired) electrons. The van der Waals surface area contributed by atoms with Gasteiger partial charge in [0.1, 0.15) is 0 Å². The Morgan fingerprint density at radius 3 is 2.62 bits per heavy atom. The Kier molecular flexibility index (Phi) is 4.93. The summed E-state index contributed by atoms with van der Waals surface area (Å²) in [4.78, 5) is 15.7. The summed E-state index contributed by atoms with van der Waals surface area (Å²) in [5, 5.41) is 4.27. The van der Waals surface area contributed by atoms with E-state index in [1.54, 1.807) is 12.3 Å². The number of aryl methyl sites for hydroxylation is 1. The first-order valence-electron chi connectivity index (χ1n) is 8.51. The van der Waals surface area contributed by atoms with Gasteiger partial charge in [0.2, 0.25) is 5.91 Å². The maximum Gasteiger partial charge on any atom is 0.241 e. The number of carbonyl (C=O) groups excluding carboxylic acids is 1. The third-order valence-corrected chi connectivity index (χ3v) is 3.86. The number of nitrogens with zero attached hydrogens (tertiary/aromatic N) is 2. The van der Waals surface area contributed by atoms with Crippen LogP contribution < -0.4 is 16.5 Å². The molecule has 0 saturated heterocycles. The van der Waals surface area contributed by atoms with E-state index in [4.69, 9.17) is 5.73 Å². The van der Waals surface area contributed by atoms with Gasteiger partial charge in [-0.25, -0.2) is 9.66 Å². The molecule has 0 aliphatic heterocycles. The van der Waals surface area contributed by atoms with Crippen LogP contribution in [0.15, 0.2) is 48.8 Å². The van der Waals surface area contributed by atoms with Gasteiger partial charge >= 0.3 is 0 Å². The van der Waals surface area contributed by atoms with Crippen molar-refractivity contribution in [3.63, 3.8) is 0 Å². The second-order valence-electron chi connectivity index (χ2n) is 6.56. The Morgan fingerprint density at radius 2 is 1.96 bits per heavy atom. The van der Waals surface area contributed by atoms with Crippen molar-refractivity contribution in [3.05, 3.63) is 59.9 Å². The topological polar surface area (TPSA) is 85.0 Å². The normalized spacial score (nSPS) is 11.4. The SMILES string of the molecule is Cc1ccc(Nn2cc(/C=C/C(N)=O)c3cc(NC(C)C)cnc32)cc1. The summed E-state index contributed by atoms with van der Waals surface area (Å²) >= 11 is 0. The van der Waals surface area contributed by atoms with Crippen LogP contribution in [0.25, 0.3) is 17.1 Å². The van der Waals surface area contributed by atoms with E-state index in [2.05, 4.69) is 29.6 Å². The van der Waals surface area contributed by atoms with Crippen LogP contribution in [0.2, 0.25) is 0 Å². The minimum atomic E-state index is -0.484. The highest BCUT2D eigenvalue weighted by Crippen LogP contribution is 2.25. The Balaban J connectivity index is 2.04. The smallest absolute Gasteiger partial charge is 0.241 e. The molecule has 2 aromatic heterocycles. The van der Waals surface area contributed by atoms with Crippen LogP contribution in [-0.4, -0.2) is 21.6 Å². The lowest BCUT2D eigenvalue weighted by molar-refractivity contribution is -0.113. The number of benzene rings is 1. The number of primary amides is 1. The second-order valence-corrected chi connectivity index (χ2v) is 6.56. The molecule has 1 aromatic carbocycles. The molecule has 0 atom stereocenters. The molecule has 3 rings (SSSR count). The van der Waals surface area contributed by atoms with Crippen molar-refractivity contribution < 1.29 is 4.79 Å². The van der Waals surface area contributed by atoms with Gasteiger partial charge in [-0.05, 0) is 45.0 Å². The van der Waals surface area contributed by atoms with Crippen molar-refractivity contribution in [3.8, 4) is 0 Å². The highest BCUT2D eigenvalue weighted by atomic mass is 16.1. The molecule has 0 bridgehead atoms. The molecule has 1 amide bonds. The molecular formula is C20H23N5O. The number of hydrogen-bond donors (Lipinski definition) is 3. The predicted molar refractivity (Wildman–Crippen MR) is 107 cm³/mol. The Labute approximate surface area is 152 Å². The fraction of sp³-hybridized carbons (Fsp3) is 0.200. The Hall–Kier alpha value is -3.28. The van der Waals surface area contributed by atoms with Crippen molar-refractivity contribution >= 4 is 34.4 Å². The standard InChI is InChI=1S/C20H23N5O/c1-13(2)23-17-10-18-15(6-9-19(21)26)12-25(20(18)22-11-17)24-16-7-4-14(3)5-8-16/h4-13,23-24H,1-3H3,(H2,21,26)/b9-6+. The molecule has 134 valence electrons. The summed E-state index contributed by atoms with van der Waals surface area (Å²) in [6.07, 6.45) is 6.76. The number of pyridine rings is 1. The van der Waals surface area contributed by atoms with Crippen LogP contribution in [0, 0.1) is 6.92 Å². The van der Waals surface area contributed by atoms with Crippen molar-refractivity contribution in [2.24, 2.45) is 5.73 Å². The molecule has 6 nitrogen and oxygen atoms in total. The van der Waals surface area contributed by atoms with Crippen LogP contribution in [0.1, 0.15) is 25.0 Å². The molecule has 0 fully saturated rings. The molecule has 26 heavy (non-hydrogen) atoms. The van der Waals surface area contributed by atoms with Gasteiger partial charge < -0.3 is 11.1 Å². The quantitative estimate of drug-likeness (QED) is 0.594. The molecule has 0 saturated carbocycles. The van der Waals surface area contributed by atoms with Gasteiger partial charge in [-0.2, -0.15) is 0 Å². The van der Waals surface area contributed by atoms with Crippen molar-refractivity contribution in [2.45, 2.75) is 26.8 Å². The van der Waals surface area contributed by atoms with E-state index in [0.717, 1.165) is 28.0 Å². The van der Waals surface area contributed by atoms with Crippen LogP contribution in [0.4, 0.5) is 11.4 Å². The number of nitrogens with two attached hydrogens (primary N) is 1. The first kappa shape index (κ1) is 17.5. The first-order valence-corrected chi connectivity index (χ1v) is 8.51. The fourth-order valence-corrected chi connectivity index (χ4v) is 2.70. The summed E-state index contributed by atoms with van der Waals surface area (Å²) < 4.78 is 1.85.